The van der Waals surface area contributed by atoms with Crippen molar-refractivity contribution in [2.24, 2.45) is 5.92 Å². The summed E-state index contributed by atoms with van der Waals surface area (Å²) in [5.74, 6) is -0.121. The van der Waals surface area contributed by atoms with Gasteiger partial charge in [-0.1, -0.05) is 19.9 Å². The summed E-state index contributed by atoms with van der Waals surface area (Å²) in [6.07, 6.45) is 6.46. The van der Waals surface area contributed by atoms with Crippen LogP contribution in [-0.4, -0.2) is 40.2 Å². The van der Waals surface area contributed by atoms with Crippen LogP contribution in [-0.2, 0) is 33.9 Å². The molecule has 0 fully saturated rings. The molecule has 3 amide bonds. The van der Waals surface area contributed by atoms with Crippen molar-refractivity contribution in [2.75, 3.05) is 6.54 Å². The van der Waals surface area contributed by atoms with Crippen LogP contribution < -0.4 is 10.6 Å². The number of hydrogen-bond acceptors (Lipinski definition) is 5. The molecule has 0 radical (unpaired) electrons. The molecule has 3 heterocycles. The molecular formula is C25H32N4O3S. The molecule has 3 rings (SSSR count). The van der Waals surface area contributed by atoms with Crippen molar-refractivity contribution in [3.63, 3.8) is 0 Å². The van der Waals surface area contributed by atoms with Gasteiger partial charge in [-0.2, -0.15) is 0 Å². The Labute approximate surface area is 199 Å². The quantitative estimate of drug-likeness (QED) is 0.582. The Morgan fingerprint density at radius 2 is 2.09 bits per heavy atom. The van der Waals surface area contributed by atoms with Crippen molar-refractivity contribution in [3.8, 4) is 0 Å². The van der Waals surface area contributed by atoms with E-state index in [4.69, 9.17) is 0 Å². The van der Waals surface area contributed by atoms with E-state index >= 15 is 0 Å². The number of nitrogens with zero attached hydrogens (tertiary/aromatic N) is 2. The van der Waals surface area contributed by atoms with E-state index < -0.39 is 6.04 Å². The van der Waals surface area contributed by atoms with Gasteiger partial charge in [-0.15, -0.1) is 11.3 Å². The van der Waals surface area contributed by atoms with Crippen LogP contribution in [0.25, 0.3) is 6.08 Å². The number of nitrogens with one attached hydrogen (secondary N) is 2. The zero-order valence-electron chi connectivity index (χ0n) is 19.7. The Morgan fingerprint density at radius 1 is 1.30 bits per heavy atom. The Balaban J connectivity index is 1.69. The van der Waals surface area contributed by atoms with Crippen LogP contribution in [0, 0.1) is 12.8 Å². The summed E-state index contributed by atoms with van der Waals surface area (Å²) in [4.78, 5) is 44.4. The third-order valence-corrected chi connectivity index (χ3v) is 6.51. The molecule has 7 nitrogen and oxygen atoms in total. The number of carbonyl (C=O) groups is 3. The Hall–Kier alpha value is -3.00. The topological polar surface area (TPSA) is 91.4 Å². The fourth-order valence-electron chi connectivity index (χ4n) is 4.08. The SMILES string of the molecule is CC(=O)N[C@@H](CC(C)C)C(=O)N1CCc2c(cnc(C)c2CNC(=O)/C=C/c2cccs2)C1. The van der Waals surface area contributed by atoms with Crippen molar-refractivity contribution < 1.29 is 14.4 Å². The fourth-order valence-corrected chi connectivity index (χ4v) is 4.70. The normalized spacial score (nSPS) is 14.3. The van der Waals surface area contributed by atoms with Gasteiger partial charge in [0.15, 0.2) is 0 Å². The average Bonchev–Trinajstić information content (AvgIpc) is 3.29. The maximum absolute atomic E-state index is 13.1. The maximum Gasteiger partial charge on any atom is 0.245 e. The molecule has 33 heavy (non-hydrogen) atoms. The molecule has 1 aliphatic heterocycles. The molecular weight excluding hydrogens is 436 g/mol. The first-order valence-electron chi connectivity index (χ1n) is 11.3. The standard InChI is InChI=1S/C25H32N4O3S/c1-16(2)12-23(28-18(4)30)25(32)29-10-9-21-19(15-29)13-26-17(3)22(21)14-27-24(31)8-7-20-6-5-11-33-20/h5-8,11,13,16,23H,9-10,12,14-15H2,1-4H3,(H,27,31)(H,28,30)/b8-7+/t23-/m0/s1. The second-order valence-corrected chi connectivity index (χ2v) is 9.76. The highest BCUT2D eigenvalue weighted by molar-refractivity contribution is 7.10. The Bertz CT molecular complexity index is 1030. The highest BCUT2D eigenvalue weighted by atomic mass is 32.1. The molecule has 2 N–H and O–H groups in total. The molecule has 2 aromatic rings. The molecule has 0 aromatic carbocycles. The Kier molecular flexibility index (Phi) is 8.38. The van der Waals surface area contributed by atoms with E-state index in [0.29, 0.717) is 32.5 Å². The number of rotatable bonds is 8. The van der Waals surface area contributed by atoms with Crippen LogP contribution in [0.5, 0.6) is 0 Å². The lowest BCUT2D eigenvalue weighted by Crippen LogP contribution is -2.50. The molecule has 0 spiro atoms. The van der Waals surface area contributed by atoms with Gasteiger partial charge in [0.2, 0.25) is 17.7 Å². The zero-order chi connectivity index (χ0) is 24.0. The molecule has 0 unspecified atom stereocenters. The van der Waals surface area contributed by atoms with Crippen LogP contribution in [0.15, 0.2) is 29.8 Å². The van der Waals surface area contributed by atoms with Crippen LogP contribution in [0.2, 0.25) is 0 Å². The molecule has 1 aliphatic rings. The highest BCUT2D eigenvalue weighted by Crippen LogP contribution is 2.25. The summed E-state index contributed by atoms with van der Waals surface area (Å²) in [5.41, 5.74) is 4.03. The molecule has 2 aromatic heterocycles. The third kappa shape index (κ3) is 6.74. The minimum Gasteiger partial charge on any atom is -0.348 e. The van der Waals surface area contributed by atoms with Gasteiger partial charge in [-0.05, 0) is 59.9 Å². The van der Waals surface area contributed by atoms with E-state index in [-0.39, 0.29) is 23.6 Å². The van der Waals surface area contributed by atoms with Gasteiger partial charge in [0.25, 0.3) is 0 Å². The number of aromatic nitrogens is 1. The van der Waals surface area contributed by atoms with Gasteiger partial charge in [0.1, 0.15) is 6.04 Å². The molecule has 176 valence electrons. The fraction of sp³-hybridized carbons (Fsp3) is 0.440. The number of aryl methyl sites for hydroxylation is 1. The van der Waals surface area contributed by atoms with Gasteiger partial charge in [-0.3, -0.25) is 19.4 Å². The van der Waals surface area contributed by atoms with Gasteiger partial charge in [0.05, 0.1) is 0 Å². The summed E-state index contributed by atoms with van der Waals surface area (Å²) in [7, 11) is 0. The van der Waals surface area contributed by atoms with Gasteiger partial charge in [-0.25, -0.2) is 0 Å². The molecule has 0 saturated carbocycles. The summed E-state index contributed by atoms with van der Waals surface area (Å²) < 4.78 is 0. The predicted octanol–water partition coefficient (Wildman–Crippen LogP) is 3.22. The summed E-state index contributed by atoms with van der Waals surface area (Å²) in [6, 6.07) is 3.39. The minimum atomic E-state index is -0.517. The minimum absolute atomic E-state index is 0.0568. The second kappa shape index (κ2) is 11.2. The van der Waals surface area contributed by atoms with Crippen molar-refractivity contribution in [1.29, 1.82) is 0 Å². The molecule has 0 aliphatic carbocycles. The largest absolute Gasteiger partial charge is 0.348 e. The van der Waals surface area contributed by atoms with Crippen LogP contribution in [0.4, 0.5) is 0 Å². The number of pyridine rings is 1. The lowest BCUT2D eigenvalue weighted by molar-refractivity contribution is -0.137. The number of amides is 3. The van der Waals surface area contributed by atoms with Crippen molar-refractivity contribution in [2.45, 2.75) is 59.7 Å². The first-order chi connectivity index (χ1) is 15.7. The monoisotopic (exact) mass is 468 g/mol. The van der Waals surface area contributed by atoms with E-state index in [9.17, 15) is 14.4 Å². The first kappa shape index (κ1) is 24.6. The lowest BCUT2D eigenvalue weighted by atomic mass is 9.94. The second-order valence-electron chi connectivity index (χ2n) is 8.78. The number of thiophene rings is 1. The third-order valence-electron chi connectivity index (χ3n) is 5.67. The average molecular weight is 469 g/mol. The van der Waals surface area contributed by atoms with Crippen LogP contribution in [0.1, 0.15) is 54.5 Å². The van der Waals surface area contributed by atoms with Crippen LogP contribution >= 0.6 is 11.3 Å². The van der Waals surface area contributed by atoms with Gasteiger partial charge in [0, 0.05) is 49.4 Å². The number of fused-ring (bicyclic) bond motifs is 1. The van der Waals surface area contributed by atoms with Gasteiger partial charge < -0.3 is 15.5 Å². The zero-order valence-corrected chi connectivity index (χ0v) is 20.5. The van der Waals surface area contributed by atoms with E-state index in [0.717, 1.165) is 27.3 Å². The smallest absolute Gasteiger partial charge is 0.245 e. The molecule has 0 saturated heterocycles. The molecule has 8 heteroatoms. The van der Waals surface area contributed by atoms with E-state index in [1.54, 1.807) is 28.4 Å². The lowest BCUT2D eigenvalue weighted by Gasteiger charge is -2.33. The van der Waals surface area contributed by atoms with Crippen molar-refractivity contribution in [1.82, 2.24) is 20.5 Å². The van der Waals surface area contributed by atoms with Crippen LogP contribution in [0.3, 0.4) is 0 Å². The highest BCUT2D eigenvalue weighted by Gasteiger charge is 2.29. The van der Waals surface area contributed by atoms with E-state index in [1.807, 2.05) is 44.5 Å². The summed E-state index contributed by atoms with van der Waals surface area (Å²) in [5, 5.41) is 7.74. The van der Waals surface area contributed by atoms with E-state index in [2.05, 4.69) is 15.6 Å². The number of hydrogen-bond donors (Lipinski definition) is 2. The van der Waals surface area contributed by atoms with Crippen molar-refractivity contribution in [3.05, 3.63) is 57.0 Å². The summed E-state index contributed by atoms with van der Waals surface area (Å²) >= 11 is 1.58. The predicted molar refractivity (Wildman–Crippen MR) is 130 cm³/mol. The van der Waals surface area contributed by atoms with E-state index in [1.165, 1.54) is 6.92 Å². The van der Waals surface area contributed by atoms with Gasteiger partial charge >= 0.3 is 0 Å². The number of carbonyl (C=O) groups excluding carboxylic acids is 3. The Morgan fingerprint density at radius 3 is 2.76 bits per heavy atom. The summed E-state index contributed by atoms with van der Waals surface area (Å²) in [6.45, 7) is 8.88. The molecule has 0 bridgehead atoms. The van der Waals surface area contributed by atoms with Crippen molar-refractivity contribution >= 4 is 35.1 Å². The first-order valence-corrected chi connectivity index (χ1v) is 12.1. The molecule has 1 atom stereocenters. The maximum atomic E-state index is 13.1.